The molecular formula is C13H22N2O2S. The summed E-state index contributed by atoms with van der Waals surface area (Å²) in [6.07, 6.45) is 0. The SMILES string of the molecule is CCN(C)S(=O)(=O)c1cccc(CNC(C)C)c1. The summed E-state index contributed by atoms with van der Waals surface area (Å²) in [5.41, 5.74) is 0.981. The first-order valence-electron chi connectivity index (χ1n) is 6.16. The van der Waals surface area contributed by atoms with E-state index in [4.69, 9.17) is 0 Å². The van der Waals surface area contributed by atoms with Crippen molar-refractivity contribution in [2.45, 2.75) is 38.3 Å². The molecule has 0 fully saturated rings. The predicted octanol–water partition coefficient (Wildman–Crippen LogP) is 1.83. The molecule has 0 saturated heterocycles. The van der Waals surface area contributed by atoms with Crippen LogP contribution in [0.3, 0.4) is 0 Å². The zero-order valence-corrected chi connectivity index (χ0v) is 12.3. The van der Waals surface area contributed by atoms with Crippen LogP contribution in [0.4, 0.5) is 0 Å². The molecule has 4 nitrogen and oxygen atoms in total. The van der Waals surface area contributed by atoms with E-state index in [2.05, 4.69) is 19.2 Å². The van der Waals surface area contributed by atoms with Crippen LogP contribution < -0.4 is 5.32 Å². The van der Waals surface area contributed by atoms with E-state index in [-0.39, 0.29) is 0 Å². The summed E-state index contributed by atoms with van der Waals surface area (Å²) in [7, 11) is -1.75. The van der Waals surface area contributed by atoms with Crippen LogP contribution in [-0.4, -0.2) is 32.4 Å². The van der Waals surface area contributed by atoms with Crippen molar-refractivity contribution in [3.63, 3.8) is 0 Å². The minimum absolute atomic E-state index is 0.356. The number of hydrogen-bond acceptors (Lipinski definition) is 3. The van der Waals surface area contributed by atoms with Crippen molar-refractivity contribution in [3.8, 4) is 0 Å². The molecule has 0 saturated carbocycles. The first-order chi connectivity index (χ1) is 8.37. The van der Waals surface area contributed by atoms with Crippen LogP contribution in [0.1, 0.15) is 26.3 Å². The maximum atomic E-state index is 12.2. The molecular weight excluding hydrogens is 248 g/mol. The molecule has 1 rings (SSSR count). The third-order valence-electron chi connectivity index (χ3n) is 2.77. The van der Waals surface area contributed by atoms with E-state index in [0.717, 1.165) is 5.56 Å². The van der Waals surface area contributed by atoms with Gasteiger partial charge in [0, 0.05) is 26.2 Å². The lowest BCUT2D eigenvalue weighted by Crippen LogP contribution is -2.27. The number of rotatable bonds is 6. The van der Waals surface area contributed by atoms with Gasteiger partial charge in [-0.3, -0.25) is 0 Å². The molecule has 1 aromatic carbocycles. The lowest BCUT2D eigenvalue weighted by atomic mass is 10.2. The van der Waals surface area contributed by atoms with Crippen LogP contribution in [0.5, 0.6) is 0 Å². The third-order valence-corrected chi connectivity index (χ3v) is 4.69. The van der Waals surface area contributed by atoms with E-state index in [1.807, 2.05) is 13.0 Å². The van der Waals surface area contributed by atoms with Crippen LogP contribution in [0, 0.1) is 0 Å². The van der Waals surface area contributed by atoms with Crippen LogP contribution in [-0.2, 0) is 16.6 Å². The quantitative estimate of drug-likeness (QED) is 0.858. The topological polar surface area (TPSA) is 49.4 Å². The smallest absolute Gasteiger partial charge is 0.242 e. The van der Waals surface area contributed by atoms with E-state index in [1.165, 1.54) is 4.31 Å². The molecule has 0 aromatic heterocycles. The highest BCUT2D eigenvalue weighted by atomic mass is 32.2. The van der Waals surface area contributed by atoms with Gasteiger partial charge in [-0.05, 0) is 17.7 Å². The van der Waals surface area contributed by atoms with E-state index in [0.29, 0.717) is 24.0 Å². The van der Waals surface area contributed by atoms with Crippen molar-refractivity contribution in [1.29, 1.82) is 0 Å². The molecule has 0 aliphatic heterocycles. The minimum atomic E-state index is -3.34. The standard InChI is InChI=1S/C13H22N2O2S/c1-5-15(4)18(16,17)13-8-6-7-12(9-13)10-14-11(2)3/h6-9,11,14H,5,10H2,1-4H3. The number of nitrogens with one attached hydrogen (secondary N) is 1. The molecule has 1 N–H and O–H groups in total. The van der Waals surface area contributed by atoms with Crippen molar-refractivity contribution < 1.29 is 8.42 Å². The van der Waals surface area contributed by atoms with Crippen LogP contribution in [0.2, 0.25) is 0 Å². The number of nitrogens with zero attached hydrogens (tertiary/aromatic N) is 1. The minimum Gasteiger partial charge on any atom is -0.310 e. The van der Waals surface area contributed by atoms with Crippen molar-refractivity contribution >= 4 is 10.0 Å². The van der Waals surface area contributed by atoms with Gasteiger partial charge in [0.25, 0.3) is 0 Å². The Morgan fingerprint density at radius 3 is 2.56 bits per heavy atom. The van der Waals surface area contributed by atoms with Crippen LogP contribution >= 0.6 is 0 Å². The molecule has 0 spiro atoms. The molecule has 0 unspecified atom stereocenters. The van der Waals surface area contributed by atoms with Gasteiger partial charge in [-0.15, -0.1) is 0 Å². The largest absolute Gasteiger partial charge is 0.310 e. The normalized spacial score (nSPS) is 12.3. The number of sulfonamides is 1. The number of hydrogen-bond donors (Lipinski definition) is 1. The van der Waals surface area contributed by atoms with E-state index < -0.39 is 10.0 Å². The fourth-order valence-electron chi connectivity index (χ4n) is 1.49. The molecule has 0 radical (unpaired) electrons. The lowest BCUT2D eigenvalue weighted by molar-refractivity contribution is 0.486. The fraction of sp³-hybridized carbons (Fsp3) is 0.538. The Balaban J connectivity index is 2.95. The zero-order chi connectivity index (χ0) is 13.8. The van der Waals surface area contributed by atoms with Gasteiger partial charge in [0.2, 0.25) is 10.0 Å². The van der Waals surface area contributed by atoms with Crippen molar-refractivity contribution in [1.82, 2.24) is 9.62 Å². The first-order valence-corrected chi connectivity index (χ1v) is 7.60. The average molecular weight is 270 g/mol. The second-order valence-electron chi connectivity index (χ2n) is 4.60. The molecule has 0 aliphatic rings. The van der Waals surface area contributed by atoms with Crippen LogP contribution in [0.25, 0.3) is 0 Å². The molecule has 0 amide bonds. The average Bonchev–Trinajstić information content (AvgIpc) is 2.35. The Bertz CT molecular complexity index is 484. The van der Waals surface area contributed by atoms with E-state index in [1.54, 1.807) is 25.2 Å². The van der Waals surface area contributed by atoms with Crippen molar-refractivity contribution in [3.05, 3.63) is 29.8 Å². The Labute approximate surface area is 110 Å². The van der Waals surface area contributed by atoms with Gasteiger partial charge in [-0.1, -0.05) is 32.9 Å². The molecule has 5 heteroatoms. The second-order valence-corrected chi connectivity index (χ2v) is 6.65. The zero-order valence-electron chi connectivity index (χ0n) is 11.5. The van der Waals surface area contributed by atoms with Gasteiger partial charge in [0.1, 0.15) is 0 Å². The molecule has 18 heavy (non-hydrogen) atoms. The van der Waals surface area contributed by atoms with Gasteiger partial charge in [0.05, 0.1) is 4.90 Å². The molecule has 102 valence electrons. The van der Waals surface area contributed by atoms with Gasteiger partial charge in [0.15, 0.2) is 0 Å². The molecule has 0 atom stereocenters. The summed E-state index contributed by atoms with van der Waals surface area (Å²) in [6, 6.07) is 7.47. The van der Waals surface area contributed by atoms with Gasteiger partial charge in [-0.2, -0.15) is 0 Å². The summed E-state index contributed by atoms with van der Waals surface area (Å²) in [5.74, 6) is 0. The van der Waals surface area contributed by atoms with Gasteiger partial charge < -0.3 is 5.32 Å². The third kappa shape index (κ3) is 3.80. The maximum Gasteiger partial charge on any atom is 0.242 e. The highest BCUT2D eigenvalue weighted by Gasteiger charge is 2.19. The fourth-order valence-corrected chi connectivity index (χ4v) is 2.74. The lowest BCUT2D eigenvalue weighted by Gasteiger charge is -2.15. The van der Waals surface area contributed by atoms with Crippen LogP contribution in [0.15, 0.2) is 29.2 Å². The number of benzene rings is 1. The van der Waals surface area contributed by atoms with E-state index in [9.17, 15) is 8.42 Å². The summed E-state index contributed by atoms with van der Waals surface area (Å²) in [6.45, 7) is 7.09. The molecule has 1 aromatic rings. The van der Waals surface area contributed by atoms with Crippen molar-refractivity contribution in [2.24, 2.45) is 0 Å². The first kappa shape index (κ1) is 15.1. The second kappa shape index (κ2) is 6.31. The monoisotopic (exact) mass is 270 g/mol. The van der Waals surface area contributed by atoms with Crippen molar-refractivity contribution in [2.75, 3.05) is 13.6 Å². The summed E-state index contributed by atoms with van der Waals surface area (Å²) < 4.78 is 25.7. The maximum absolute atomic E-state index is 12.2. The summed E-state index contributed by atoms with van der Waals surface area (Å²) in [4.78, 5) is 0.356. The highest BCUT2D eigenvalue weighted by Crippen LogP contribution is 2.15. The molecule has 0 bridgehead atoms. The van der Waals surface area contributed by atoms with Gasteiger partial charge >= 0.3 is 0 Å². The summed E-state index contributed by atoms with van der Waals surface area (Å²) in [5, 5.41) is 3.28. The van der Waals surface area contributed by atoms with E-state index >= 15 is 0 Å². The molecule has 0 aliphatic carbocycles. The highest BCUT2D eigenvalue weighted by molar-refractivity contribution is 7.89. The Hall–Kier alpha value is -0.910. The summed E-state index contributed by atoms with van der Waals surface area (Å²) >= 11 is 0. The molecule has 0 heterocycles. The Morgan fingerprint density at radius 1 is 1.33 bits per heavy atom. The Morgan fingerprint density at radius 2 is 2.00 bits per heavy atom. The predicted molar refractivity (Wildman–Crippen MR) is 73.9 cm³/mol. The Kier molecular flexibility index (Phi) is 5.31. The van der Waals surface area contributed by atoms with Gasteiger partial charge in [-0.25, -0.2) is 12.7 Å².